The van der Waals surface area contributed by atoms with Crippen LogP contribution in [0.3, 0.4) is 0 Å². The third-order valence-electron chi connectivity index (χ3n) is 4.64. The van der Waals surface area contributed by atoms with E-state index in [2.05, 4.69) is 22.0 Å². The van der Waals surface area contributed by atoms with Gasteiger partial charge < -0.3 is 4.74 Å². The summed E-state index contributed by atoms with van der Waals surface area (Å²) in [6, 6.07) is 10.6. The summed E-state index contributed by atoms with van der Waals surface area (Å²) in [4.78, 5) is -0.469. The van der Waals surface area contributed by atoms with E-state index in [4.69, 9.17) is 4.74 Å². The summed E-state index contributed by atoms with van der Waals surface area (Å²) in [6.07, 6.45) is -5.07. The molecule has 0 aromatic heterocycles. The molecule has 1 heterocycles. The first-order valence-electron chi connectivity index (χ1n) is 8.91. The third-order valence-corrected chi connectivity index (χ3v) is 6.91. The van der Waals surface area contributed by atoms with Crippen LogP contribution in [0.15, 0.2) is 51.8 Å². The Hall–Kier alpha value is -2.25. The van der Waals surface area contributed by atoms with Crippen molar-refractivity contribution in [2.45, 2.75) is 37.4 Å². The highest BCUT2D eigenvalue weighted by Crippen LogP contribution is 2.41. The molecular formula is C20H18BrF3N2O3S. The summed E-state index contributed by atoms with van der Waals surface area (Å²) in [5, 5.41) is 9.32. The van der Waals surface area contributed by atoms with Gasteiger partial charge in [0.15, 0.2) is 0 Å². The first-order valence-corrected chi connectivity index (χ1v) is 11.1. The van der Waals surface area contributed by atoms with E-state index in [1.54, 1.807) is 26.0 Å². The van der Waals surface area contributed by atoms with E-state index in [0.29, 0.717) is 10.5 Å². The van der Waals surface area contributed by atoms with Crippen LogP contribution in [0.25, 0.3) is 0 Å². The fourth-order valence-corrected chi connectivity index (χ4v) is 5.09. The number of rotatable bonds is 4. The lowest BCUT2D eigenvalue weighted by Gasteiger charge is -2.37. The van der Waals surface area contributed by atoms with E-state index in [1.807, 2.05) is 0 Å². The lowest BCUT2D eigenvalue weighted by molar-refractivity contribution is -0.137. The van der Waals surface area contributed by atoms with Crippen LogP contribution in [-0.2, 0) is 16.2 Å². The second-order valence-electron chi connectivity index (χ2n) is 7.61. The van der Waals surface area contributed by atoms with Crippen LogP contribution in [-0.4, -0.2) is 21.1 Å². The van der Waals surface area contributed by atoms with Crippen molar-refractivity contribution in [1.82, 2.24) is 0 Å². The predicted molar refractivity (Wildman–Crippen MR) is 109 cm³/mol. The Labute approximate surface area is 181 Å². The number of nitrogens with zero attached hydrogens (tertiary/aromatic N) is 2. The van der Waals surface area contributed by atoms with Crippen molar-refractivity contribution in [2.75, 3.05) is 10.8 Å². The molecule has 0 unspecified atom stereocenters. The molecule has 0 radical (unpaired) electrons. The van der Waals surface area contributed by atoms with Gasteiger partial charge in [-0.2, -0.15) is 18.4 Å². The monoisotopic (exact) mass is 502 g/mol. The Kier molecular flexibility index (Phi) is 5.82. The molecule has 1 aliphatic rings. The summed E-state index contributed by atoms with van der Waals surface area (Å²) < 4.78 is 73.6. The molecule has 0 bridgehead atoms. The molecular weight excluding hydrogens is 485 g/mol. The lowest BCUT2D eigenvalue weighted by Crippen LogP contribution is -2.45. The van der Waals surface area contributed by atoms with E-state index in [-0.39, 0.29) is 24.4 Å². The summed E-state index contributed by atoms with van der Waals surface area (Å²) in [7, 11) is -4.32. The molecule has 0 N–H and O–H groups in total. The summed E-state index contributed by atoms with van der Waals surface area (Å²) in [5.41, 5.74) is -1.61. The zero-order valence-corrected chi connectivity index (χ0v) is 18.5. The predicted octanol–water partition coefficient (Wildman–Crippen LogP) is 5.36. The van der Waals surface area contributed by atoms with Gasteiger partial charge in [-0.1, -0.05) is 22.0 Å². The molecule has 10 heteroatoms. The molecule has 1 atom stereocenters. The minimum absolute atomic E-state index is 0.132. The van der Waals surface area contributed by atoms with Crippen LogP contribution in [0, 0.1) is 16.7 Å². The van der Waals surface area contributed by atoms with Gasteiger partial charge in [0, 0.05) is 10.9 Å². The summed E-state index contributed by atoms with van der Waals surface area (Å²) in [5.74, 6) is 0.277. The van der Waals surface area contributed by atoms with Gasteiger partial charge in [-0.25, -0.2) is 8.42 Å². The first-order chi connectivity index (χ1) is 13.8. The maximum absolute atomic E-state index is 13.3. The van der Waals surface area contributed by atoms with Crippen LogP contribution >= 0.6 is 15.9 Å². The average molecular weight is 503 g/mol. The van der Waals surface area contributed by atoms with Gasteiger partial charge in [0.1, 0.15) is 11.9 Å². The molecule has 0 saturated carbocycles. The molecule has 0 saturated heterocycles. The van der Waals surface area contributed by atoms with Crippen molar-refractivity contribution in [3.8, 4) is 11.8 Å². The number of ether oxygens (including phenoxy) is 1. The Morgan fingerprint density at radius 2 is 1.93 bits per heavy atom. The molecule has 3 rings (SSSR count). The third kappa shape index (κ3) is 4.57. The molecule has 160 valence electrons. The van der Waals surface area contributed by atoms with Crippen LogP contribution in [0.1, 0.15) is 25.8 Å². The zero-order valence-electron chi connectivity index (χ0n) is 16.1. The number of anilines is 1. The van der Waals surface area contributed by atoms with Crippen molar-refractivity contribution in [3.63, 3.8) is 0 Å². The quantitative estimate of drug-likeness (QED) is 0.563. The van der Waals surface area contributed by atoms with E-state index in [0.717, 1.165) is 22.5 Å². The molecule has 2 aromatic rings. The molecule has 5 nitrogen and oxygen atoms in total. The van der Waals surface area contributed by atoms with Gasteiger partial charge in [0.05, 0.1) is 34.2 Å². The van der Waals surface area contributed by atoms with Gasteiger partial charge in [-0.3, -0.25) is 4.31 Å². The zero-order chi connectivity index (χ0) is 22.3. The van der Waals surface area contributed by atoms with Gasteiger partial charge in [0.2, 0.25) is 0 Å². The average Bonchev–Trinajstić information content (AvgIpc) is 2.67. The van der Waals surface area contributed by atoms with E-state index < -0.39 is 38.2 Å². The van der Waals surface area contributed by atoms with Gasteiger partial charge in [-0.05, 0) is 50.2 Å². The number of halogens is 4. The summed E-state index contributed by atoms with van der Waals surface area (Å²) in [6.45, 7) is 3.28. The molecule has 0 spiro atoms. The van der Waals surface area contributed by atoms with E-state index in [1.165, 1.54) is 6.07 Å². The molecule has 2 aromatic carbocycles. The van der Waals surface area contributed by atoms with E-state index >= 15 is 0 Å². The normalized spacial score (nSPS) is 17.1. The van der Waals surface area contributed by atoms with Crippen molar-refractivity contribution < 1.29 is 26.3 Å². The Morgan fingerprint density at radius 3 is 2.57 bits per heavy atom. The number of benzene rings is 2. The van der Waals surface area contributed by atoms with Crippen molar-refractivity contribution in [2.24, 2.45) is 5.41 Å². The molecule has 0 fully saturated rings. The second kappa shape index (κ2) is 7.78. The van der Waals surface area contributed by atoms with Gasteiger partial charge in [-0.15, -0.1) is 0 Å². The smallest absolute Gasteiger partial charge is 0.416 e. The number of nitriles is 1. The maximum Gasteiger partial charge on any atom is 0.416 e. The largest absolute Gasteiger partial charge is 0.486 e. The highest BCUT2D eigenvalue weighted by Gasteiger charge is 2.38. The van der Waals surface area contributed by atoms with Crippen molar-refractivity contribution in [1.29, 1.82) is 5.26 Å². The summed E-state index contributed by atoms with van der Waals surface area (Å²) >= 11 is 3.28. The number of hydrogen-bond donors (Lipinski definition) is 0. The van der Waals surface area contributed by atoms with Crippen molar-refractivity contribution >= 4 is 31.6 Å². The van der Waals surface area contributed by atoms with Crippen LogP contribution in [0.5, 0.6) is 5.75 Å². The van der Waals surface area contributed by atoms with Crippen LogP contribution in [0.4, 0.5) is 18.9 Å². The Morgan fingerprint density at radius 1 is 1.23 bits per heavy atom. The Balaban J connectivity index is 2.08. The fraction of sp³-hybridized carbons (Fsp3) is 0.350. The lowest BCUT2D eigenvalue weighted by atomic mass is 9.88. The minimum Gasteiger partial charge on any atom is -0.486 e. The number of hydrogen-bond acceptors (Lipinski definition) is 4. The SMILES string of the molecule is CC(C)(C#N)C[C@@H]1CN(S(=O)(=O)c2cccc(C(F)(F)F)c2)c2cc(Br)ccc2O1. The van der Waals surface area contributed by atoms with Crippen LogP contribution in [0.2, 0.25) is 0 Å². The second-order valence-corrected chi connectivity index (χ2v) is 10.4. The fourth-order valence-electron chi connectivity index (χ4n) is 3.19. The maximum atomic E-state index is 13.3. The standard InChI is InChI=1S/C20H18BrF3N2O3S/c1-19(2,12-25)10-15-11-26(17-9-14(21)6-7-18(17)29-15)30(27,28)16-5-3-4-13(8-16)20(22,23)24/h3-9,15H,10-11H2,1-2H3/t15-/m1/s1. The van der Waals surface area contributed by atoms with Gasteiger partial charge >= 0.3 is 6.18 Å². The highest BCUT2D eigenvalue weighted by molar-refractivity contribution is 9.10. The molecule has 0 aliphatic carbocycles. The molecule has 30 heavy (non-hydrogen) atoms. The Bertz CT molecular complexity index is 1110. The highest BCUT2D eigenvalue weighted by atomic mass is 79.9. The first kappa shape index (κ1) is 22.4. The topological polar surface area (TPSA) is 70.4 Å². The van der Waals surface area contributed by atoms with Crippen molar-refractivity contribution in [3.05, 3.63) is 52.5 Å². The number of alkyl halides is 3. The minimum atomic E-state index is -4.67. The van der Waals surface area contributed by atoms with E-state index in [9.17, 15) is 26.9 Å². The number of fused-ring (bicyclic) bond motifs is 1. The van der Waals surface area contributed by atoms with Crippen LogP contribution < -0.4 is 9.04 Å². The molecule has 1 aliphatic heterocycles. The number of sulfonamides is 1. The molecule has 0 amide bonds. The van der Waals surface area contributed by atoms with Gasteiger partial charge in [0.25, 0.3) is 10.0 Å².